The topological polar surface area (TPSA) is 134 Å². The molecule has 0 aliphatic heterocycles. The molecule has 0 heterocycles. The van der Waals surface area contributed by atoms with Gasteiger partial charge in [0.15, 0.2) is 0 Å². The zero-order valence-corrected chi connectivity index (χ0v) is 21.1. The van der Waals surface area contributed by atoms with Crippen molar-refractivity contribution in [3.05, 3.63) is 35.9 Å². The number of benzene rings is 1. The third kappa shape index (κ3) is 17.5. The molecule has 0 saturated heterocycles. The van der Waals surface area contributed by atoms with Crippen molar-refractivity contribution in [2.45, 2.75) is 97.8 Å². The normalized spacial score (nSPS) is 11.3. The SMILES string of the molecule is CCCCCC(=O)OC(=O)C(CCCC)NC(=O)OC(C)(C)C.NC(=O)OCc1ccccc1. The second-order valence-corrected chi connectivity index (χ2v) is 8.68. The average Bonchev–Trinajstić information content (AvgIpc) is 2.75. The first-order chi connectivity index (χ1) is 16.0. The Labute approximate surface area is 202 Å². The molecule has 1 rings (SSSR count). The van der Waals surface area contributed by atoms with Gasteiger partial charge in [-0.05, 0) is 39.2 Å². The van der Waals surface area contributed by atoms with Gasteiger partial charge in [0.2, 0.25) is 0 Å². The van der Waals surface area contributed by atoms with Gasteiger partial charge in [-0.25, -0.2) is 14.4 Å². The summed E-state index contributed by atoms with van der Waals surface area (Å²) >= 11 is 0. The lowest BCUT2D eigenvalue weighted by atomic mass is 10.1. The second-order valence-electron chi connectivity index (χ2n) is 8.68. The number of nitrogens with two attached hydrogens (primary N) is 1. The largest absolute Gasteiger partial charge is 0.445 e. The van der Waals surface area contributed by atoms with Crippen LogP contribution in [0.3, 0.4) is 0 Å². The Morgan fingerprint density at radius 2 is 1.59 bits per heavy atom. The number of hydrogen-bond acceptors (Lipinski definition) is 7. The molecule has 34 heavy (non-hydrogen) atoms. The van der Waals surface area contributed by atoms with Crippen molar-refractivity contribution in [3.8, 4) is 0 Å². The van der Waals surface area contributed by atoms with E-state index in [0.29, 0.717) is 12.8 Å². The highest BCUT2D eigenvalue weighted by Crippen LogP contribution is 2.10. The Morgan fingerprint density at radius 1 is 0.971 bits per heavy atom. The van der Waals surface area contributed by atoms with Crippen molar-refractivity contribution < 1.29 is 33.4 Å². The van der Waals surface area contributed by atoms with E-state index >= 15 is 0 Å². The lowest BCUT2D eigenvalue weighted by Gasteiger charge is -2.22. The summed E-state index contributed by atoms with van der Waals surface area (Å²) in [5, 5.41) is 2.49. The quantitative estimate of drug-likeness (QED) is 0.197. The Balaban J connectivity index is 0.000000818. The van der Waals surface area contributed by atoms with Crippen LogP contribution in [-0.2, 0) is 30.4 Å². The number of rotatable bonds is 11. The monoisotopic (exact) mass is 480 g/mol. The Kier molecular flexibility index (Phi) is 15.8. The van der Waals surface area contributed by atoms with E-state index in [1.165, 1.54) is 0 Å². The minimum absolute atomic E-state index is 0.215. The average molecular weight is 481 g/mol. The highest BCUT2D eigenvalue weighted by Gasteiger charge is 2.26. The summed E-state index contributed by atoms with van der Waals surface area (Å²) in [4.78, 5) is 45.7. The number of primary amides is 1. The van der Waals surface area contributed by atoms with Gasteiger partial charge >= 0.3 is 24.1 Å². The highest BCUT2D eigenvalue weighted by molar-refractivity contribution is 5.90. The molecule has 1 unspecified atom stereocenters. The molecular formula is C25H40N2O7. The van der Waals surface area contributed by atoms with E-state index in [1.807, 2.05) is 44.2 Å². The van der Waals surface area contributed by atoms with E-state index in [0.717, 1.165) is 31.2 Å². The molecule has 0 radical (unpaired) electrons. The van der Waals surface area contributed by atoms with E-state index in [2.05, 4.69) is 10.1 Å². The van der Waals surface area contributed by atoms with Crippen molar-refractivity contribution in [3.63, 3.8) is 0 Å². The number of carbonyl (C=O) groups excluding carboxylic acids is 4. The summed E-state index contributed by atoms with van der Waals surface area (Å²) in [6.45, 7) is 9.47. The second kappa shape index (κ2) is 17.4. The van der Waals surface area contributed by atoms with Crippen molar-refractivity contribution >= 4 is 24.1 Å². The molecule has 0 spiro atoms. The van der Waals surface area contributed by atoms with Gasteiger partial charge in [-0.15, -0.1) is 0 Å². The minimum Gasteiger partial charge on any atom is -0.445 e. The van der Waals surface area contributed by atoms with Gasteiger partial charge in [0.1, 0.15) is 18.2 Å². The number of esters is 2. The first kappa shape index (κ1) is 30.9. The summed E-state index contributed by atoms with van der Waals surface area (Å²) in [5.41, 5.74) is 5.06. The van der Waals surface area contributed by atoms with E-state index in [1.54, 1.807) is 20.8 Å². The predicted molar refractivity (Wildman–Crippen MR) is 129 cm³/mol. The molecule has 0 aliphatic rings. The number of unbranched alkanes of at least 4 members (excludes halogenated alkanes) is 3. The number of carbonyl (C=O) groups is 4. The van der Waals surface area contributed by atoms with E-state index in [-0.39, 0.29) is 13.0 Å². The summed E-state index contributed by atoms with van der Waals surface area (Å²) in [6.07, 6.45) is 3.40. The molecular weight excluding hydrogens is 440 g/mol. The molecule has 1 atom stereocenters. The van der Waals surface area contributed by atoms with Gasteiger partial charge in [0, 0.05) is 6.42 Å². The molecule has 0 aliphatic carbocycles. The van der Waals surface area contributed by atoms with Gasteiger partial charge in [0.25, 0.3) is 0 Å². The molecule has 0 bridgehead atoms. The van der Waals surface area contributed by atoms with Crippen LogP contribution in [-0.4, -0.2) is 35.8 Å². The zero-order valence-electron chi connectivity index (χ0n) is 21.1. The lowest BCUT2D eigenvalue weighted by Crippen LogP contribution is -2.44. The molecule has 0 aromatic heterocycles. The van der Waals surface area contributed by atoms with Gasteiger partial charge in [-0.1, -0.05) is 69.9 Å². The van der Waals surface area contributed by atoms with Crippen LogP contribution < -0.4 is 11.1 Å². The van der Waals surface area contributed by atoms with Crippen LogP contribution in [0, 0.1) is 0 Å². The minimum atomic E-state index is -0.861. The molecule has 0 saturated carbocycles. The van der Waals surface area contributed by atoms with Crippen LogP contribution in [0.15, 0.2) is 30.3 Å². The van der Waals surface area contributed by atoms with Gasteiger partial charge < -0.3 is 25.3 Å². The number of nitrogens with one attached hydrogen (secondary N) is 1. The Hall–Kier alpha value is -3.10. The number of hydrogen-bond donors (Lipinski definition) is 2. The number of ether oxygens (including phenoxy) is 3. The molecule has 1 aromatic rings. The summed E-state index contributed by atoms with van der Waals surface area (Å²) in [7, 11) is 0. The molecule has 9 nitrogen and oxygen atoms in total. The molecule has 192 valence electrons. The molecule has 0 fully saturated rings. The highest BCUT2D eigenvalue weighted by atomic mass is 16.6. The van der Waals surface area contributed by atoms with Crippen molar-refractivity contribution in [1.29, 1.82) is 0 Å². The van der Waals surface area contributed by atoms with Gasteiger partial charge in [-0.2, -0.15) is 0 Å². The fraction of sp³-hybridized carbons (Fsp3) is 0.600. The van der Waals surface area contributed by atoms with Crippen LogP contribution in [0.5, 0.6) is 0 Å². The van der Waals surface area contributed by atoms with Crippen LogP contribution in [0.2, 0.25) is 0 Å². The van der Waals surface area contributed by atoms with Crippen LogP contribution in [0.1, 0.15) is 85.1 Å². The zero-order chi connectivity index (χ0) is 26.0. The van der Waals surface area contributed by atoms with E-state index < -0.39 is 35.8 Å². The molecule has 9 heteroatoms. The van der Waals surface area contributed by atoms with E-state index in [9.17, 15) is 19.2 Å². The van der Waals surface area contributed by atoms with Gasteiger partial charge in [-0.3, -0.25) is 4.79 Å². The van der Waals surface area contributed by atoms with Crippen LogP contribution in [0.4, 0.5) is 9.59 Å². The van der Waals surface area contributed by atoms with E-state index in [4.69, 9.17) is 15.2 Å². The molecule has 3 N–H and O–H groups in total. The summed E-state index contributed by atoms with van der Waals surface area (Å²) in [6, 6.07) is 8.51. The summed E-state index contributed by atoms with van der Waals surface area (Å²) < 4.78 is 14.5. The molecule has 2 amide bonds. The van der Waals surface area contributed by atoms with Crippen LogP contribution >= 0.6 is 0 Å². The Bertz CT molecular complexity index is 745. The van der Waals surface area contributed by atoms with Crippen LogP contribution in [0.25, 0.3) is 0 Å². The first-order valence-corrected chi connectivity index (χ1v) is 11.7. The van der Waals surface area contributed by atoms with Crippen molar-refractivity contribution in [2.24, 2.45) is 5.73 Å². The maximum Gasteiger partial charge on any atom is 0.408 e. The van der Waals surface area contributed by atoms with Crippen molar-refractivity contribution in [1.82, 2.24) is 5.32 Å². The number of alkyl carbamates (subject to hydrolysis) is 1. The smallest absolute Gasteiger partial charge is 0.408 e. The standard InChI is InChI=1S/C17H31NO5.C8H9NO2/c1-6-8-10-12-14(19)22-15(20)13(11-9-7-2)18-16(21)23-17(3,4)5;9-8(10)11-6-7-4-2-1-3-5-7/h13H,6-12H2,1-5H3,(H,18,21);1-5H,6H2,(H2,9,10). The lowest BCUT2D eigenvalue weighted by molar-refractivity contribution is -0.161. The molecule has 1 aromatic carbocycles. The Morgan fingerprint density at radius 3 is 2.12 bits per heavy atom. The van der Waals surface area contributed by atoms with Gasteiger partial charge in [0.05, 0.1) is 0 Å². The fourth-order valence-corrected chi connectivity index (χ4v) is 2.59. The maximum atomic E-state index is 12.1. The predicted octanol–water partition coefficient (Wildman–Crippen LogP) is 5.00. The third-order valence-electron chi connectivity index (χ3n) is 4.24. The van der Waals surface area contributed by atoms with Crippen molar-refractivity contribution in [2.75, 3.05) is 0 Å². The summed E-state index contributed by atoms with van der Waals surface area (Å²) in [5.74, 6) is -1.26. The third-order valence-corrected chi connectivity index (χ3v) is 4.24. The first-order valence-electron chi connectivity index (χ1n) is 11.7. The number of amides is 2. The fourth-order valence-electron chi connectivity index (χ4n) is 2.59. The maximum absolute atomic E-state index is 12.1.